The van der Waals surface area contributed by atoms with Crippen molar-refractivity contribution < 1.29 is 32.3 Å². The Bertz CT molecular complexity index is 879. The lowest BCUT2D eigenvalue weighted by Gasteiger charge is -2.21. The van der Waals surface area contributed by atoms with Crippen molar-refractivity contribution >= 4 is 29.2 Å². The first-order chi connectivity index (χ1) is 13.1. The Kier molecular flexibility index (Phi) is 6.40. The van der Waals surface area contributed by atoms with Crippen LogP contribution in [-0.2, 0) is 20.5 Å². The van der Waals surface area contributed by atoms with Crippen LogP contribution in [0, 0.1) is 0 Å². The summed E-state index contributed by atoms with van der Waals surface area (Å²) in [5, 5.41) is 2.34. The highest BCUT2D eigenvalue weighted by Crippen LogP contribution is 2.30. The number of methoxy groups -OCH3 is 1. The van der Waals surface area contributed by atoms with Gasteiger partial charge in [-0.2, -0.15) is 13.2 Å². The fourth-order valence-corrected chi connectivity index (χ4v) is 2.40. The zero-order valence-corrected chi connectivity index (χ0v) is 15.0. The van der Waals surface area contributed by atoms with Gasteiger partial charge in [0.25, 0.3) is 0 Å². The topological polar surface area (TPSA) is 75.7 Å². The summed E-state index contributed by atoms with van der Waals surface area (Å²) in [5.41, 5.74) is -0.320. The van der Waals surface area contributed by atoms with Gasteiger partial charge in [-0.25, -0.2) is 4.79 Å². The van der Waals surface area contributed by atoms with Crippen molar-refractivity contribution in [2.45, 2.75) is 13.1 Å². The van der Waals surface area contributed by atoms with Crippen LogP contribution in [0.25, 0.3) is 0 Å². The molecule has 0 radical (unpaired) electrons. The summed E-state index contributed by atoms with van der Waals surface area (Å²) in [7, 11) is 1.23. The lowest BCUT2D eigenvalue weighted by Crippen LogP contribution is -2.36. The van der Waals surface area contributed by atoms with E-state index in [-0.39, 0.29) is 11.3 Å². The average molecular weight is 394 g/mol. The van der Waals surface area contributed by atoms with Gasteiger partial charge in [0, 0.05) is 18.3 Å². The first-order valence-corrected chi connectivity index (χ1v) is 8.05. The zero-order chi connectivity index (χ0) is 20.9. The van der Waals surface area contributed by atoms with E-state index in [1.54, 1.807) is 0 Å². The molecule has 0 aliphatic heterocycles. The van der Waals surface area contributed by atoms with Crippen LogP contribution in [0.4, 0.5) is 24.5 Å². The van der Waals surface area contributed by atoms with Crippen LogP contribution in [0.15, 0.2) is 48.5 Å². The molecule has 0 atom stereocenters. The normalized spacial score (nSPS) is 10.9. The summed E-state index contributed by atoms with van der Waals surface area (Å²) in [4.78, 5) is 36.7. The molecule has 0 fully saturated rings. The average Bonchev–Trinajstić information content (AvgIpc) is 2.65. The first kappa shape index (κ1) is 20.9. The molecule has 6 nitrogen and oxygen atoms in total. The summed E-state index contributed by atoms with van der Waals surface area (Å²) in [6, 6.07) is 9.98. The number of carbonyl (C=O) groups is 3. The van der Waals surface area contributed by atoms with E-state index in [1.165, 1.54) is 50.4 Å². The molecule has 1 N–H and O–H groups in total. The number of benzene rings is 2. The van der Waals surface area contributed by atoms with Crippen LogP contribution < -0.4 is 10.2 Å². The van der Waals surface area contributed by atoms with Gasteiger partial charge in [0.2, 0.25) is 11.8 Å². The van der Waals surface area contributed by atoms with E-state index in [9.17, 15) is 27.6 Å². The van der Waals surface area contributed by atoms with Crippen molar-refractivity contribution in [1.82, 2.24) is 0 Å². The Labute approximate surface area is 158 Å². The number of ether oxygens (including phenoxy) is 1. The monoisotopic (exact) mass is 394 g/mol. The van der Waals surface area contributed by atoms with E-state index in [1.807, 2.05) is 0 Å². The Morgan fingerprint density at radius 1 is 1.07 bits per heavy atom. The van der Waals surface area contributed by atoms with Crippen LogP contribution in [0.5, 0.6) is 0 Å². The van der Waals surface area contributed by atoms with Crippen molar-refractivity contribution in [3.63, 3.8) is 0 Å². The second kappa shape index (κ2) is 8.55. The highest BCUT2D eigenvalue weighted by molar-refractivity contribution is 6.02. The molecular weight excluding hydrogens is 377 g/mol. The maximum absolute atomic E-state index is 12.8. The molecule has 28 heavy (non-hydrogen) atoms. The van der Waals surface area contributed by atoms with Gasteiger partial charge in [-0.15, -0.1) is 0 Å². The van der Waals surface area contributed by atoms with Crippen LogP contribution in [0.2, 0.25) is 0 Å². The smallest absolute Gasteiger partial charge is 0.416 e. The number of anilines is 2. The van der Waals surface area contributed by atoms with Crippen LogP contribution in [-0.4, -0.2) is 31.4 Å². The second-order valence-electron chi connectivity index (χ2n) is 5.77. The second-order valence-corrected chi connectivity index (χ2v) is 5.77. The highest BCUT2D eigenvalue weighted by atomic mass is 19.4. The van der Waals surface area contributed by atoms with Crippen molar-refractivity contribution in [3.8, 4) is 0 Å². The molecule has 2 amide bonds. The Morgan fingerprint density at radius 3 is 2.25 bits per heavy atom. The zero-order valence-electron chi connectivity index (χ0n) is 15.0. The molecule has 2 aromatic carbocycles. The third-order valence-corrected chi connectivity index (χ3v) is 3.76. The number of hydrogen-bond donors (Lipinski definition) is 1. The minimum atomic E-state index is -4.53. The highest BCUT2D eigenvalue weighted by Gasteiger charge is 2.30. The van der Waals surface area contributed by atoms with Gasteiger partial charge in [0.05, 0.1) is 18.2 Å². The van der Waals surface area contributed by atoms with Crippen LogP contribution in [0.1, 0.15) is 22.8 Å². The van der Waals surface area contributed by atoms with Gasteiger partial charge in [0.1, 0.15) is 6.54 Å². The molecule has 2 aromatic rings. The molecule has 0 aromatic heterocycles. The number of hydrogen-bond acceptors (Lipinski definition) is 4. The number of halogens is 3. The maximum Gasteiger partial charge on any atom is 0.416 e. The SMILES string of the molecule is COC(=O)c1ccc(N(CC(=O)Nc2cccc(C(F)(F)F)c2)C(C)=O)cc1. The summed E-state index contributed by atoms with van der Waals surface area (Å²) < 4.78 is 42.9. The molecule has 0 aliphatic carbocycles. The van der Waals surface area contributed by atoms with Crippen molar-refractivity contribution in [1.29, 1.82) is 0 Å². The third kappa shape index (κ3) is 5.32. The van der Waals surface area contributed by atoms with E-state index >= 15 is 0 Å². The lowest BCUT2D eigenvalue weighted by atomic mass is 10.2. The molecule has 0 unspecified atom stereocenters. The molecule has 0 saturated carbocycles. The van der Waals surface area contributed by atoms with Crippen molar-refractivity contribution in [3.05, 3.63) is 59.7 Å². The van der Waals surface area contributed by atoms with Gasteiger partial charge in [-0.1, -0.05) is 6.07 Å². The first-order valence-electron chi connectivity index (χ1n) is 8.05. The number of nitrogens with zero attached hydrogens (tertiary/aromatic N) is 1. The van der Waals surface area contributed by atoms with Crippen LogP contribution >= 0.6 is 0 Å². The molecule has 148 valence electrons. The van der Waals surface area contributed by atoms with E-state index in [2.05, 4.69) is 10.1 Å². The molecule has 0 heterocycles. The number of alkyl halides is 3. The van der Waals surface area contributed by atoms with Crippen molar-refractivity contribution in [2.75, 3.05) is 23.9 Å². The number of rotatable bonds is 5. The summed E-state index contributed by atoms with van der Waals surface area (Å²) in [6.07, 6.45) is -4.53. The van der Waals surface area contributed by atoms with Gasteiger partial charge in [-0.05, 0) is 42.5 Å². The van der Waals surface area contributed by atoms with Gasteiger partial charge >= 0.3 is 12.1 Å². The molecule has 0 spiro atoms. The van der Waals surface area contributed by atoms with Crippen LogP contribution in [0.3, 0.4) is 0 Å². The van der Waals surface area contributed by atoms with E-state index in [4.69, 9.17) is 0 Å². The van der Waals surface area contributed by atoms with Crippen molar-refractivity contribution in [2.24, 2.45) is 0 Å². The quantitative estimate of drug-likeness (QED) is 0.788. The molecular formula is C19H17F3N2O4. The van der Waals surface area contributed by atoms with Gasteiger partial charge in [0.15, 0.2) is 0 Å². The lowest BCUT2D eigenvalue weighted by molar-refractivity contribution is -0.137. The fourth-order valence-electron chi connectivity index (χ4n) is 2.40. The predicted molar refractivity (Wildman–Crippen MR) is 95.9 cm³/mol. The molecule has 9 heteroatoms. The summed E-state index contributed by atoms with van der Waals surface area (Å²) in [5.74, 6) is -1.68. The van der Waals surface area contributed by atoms with Gasteiger partial charge < -0.3 is 15.0 Å². The maximum atomic E-state index is 12.8. The largest absolute Gasteiger partial charge is 0.465 e. The summed E-state index contributed by atoms with van der Waals surface area (Å²) in [6.45, 7) is 0.828. The minimum Gasteiger partial charge on any atom is -0.465 e. The van der Waals surface area contributed by atoms with Gasteiger partial charge in [-0.3, -0.25) is 9.59 Å². The predicted octanol–water partition coefficient (Wildman–Crippen LogP) is 3.48. The number of carbonyl (C=O) groups excluding carboxylic acids is 3. The molecule has 0 bridgehead atoms. The van der Waals surface area contributed by atoms with E-state index in [0.717, 1.165) is 17.0 Å². The number of nitrogens with one attached hydrogen (secondary N) is 1. The minimum absolute atomic E-state index is 0.0376. The number of esters is 1. The van der Waals surface area contributed by atoms with E-state index < -0.39 is 36.1 Å². The molecule has 0 saturated heterocycles. The Morgan fingerprint density at radius 2 is 1.71 bits per heavy atom. The standard InChI is InChI=1S/C19H17F3N2O4/c1-12(25)24(16-8-6-13(7-9-16)18(27)28-2)11-17(26)23-15-5-3-4-14(10-15)19(20,21)22/h3-10H,11H2,1-2H3,(H,23,26). The summed E-state index contributed by atoms with van der Waals surface area (Å²) >= 11 is 0. The Balaban J connectivity index is 2.13. The number of amides is 2. The molecule has 2 rings (SSSR count). The van der Waals surface area contributed by atoms with E-state index in [0.29, 0.717) is 5.69 Å². The Hall–Kier alpha value is -3.36. The fraction of sp³-hybridized carbons (Fsp3) is 0.211. The molecule has 0 aliphatic rings. The third-order valence-electron chi connectivity index (χ3n) is 3.76.